The molecule has 0 spiro atoms. The van der Waals surface area contributed by atoms with Crippen LogP contribution in [-0.2, 0) is 0 Å². The molecule has 29 heavy (non-hydrogen) atoms. The van der Waals surface area contributed by atoms with Gasteiger partial charge in [-0.2, -0.15) is 0 Å². The fourth-order valence-electron chi connectivity index (χ4n) is 3.45. The zero-order valence-electron chi connectivity index (χ0n) is 17.2. The van der Waals surface area contributed by atoms with Gasteiger partial charge in [0, 0.05) is 24.3 Å². The summed E-state index contributed by atoms with van der Waals surface area (Å²) in [6.45, 7) is 4.63. The number of ether oxygens (including phenoxy) is 1. The second-order valence-electron chi connectivity index (χ2n) is 7.59. The highest BCUT2D eigenvalue weighted by molar-refractivity contribution is 6.07. The number of unbranched alkanes of at least 4 members (excludes halogenated alkanes) is 2. The number of aliphatic hydroxyl groups excluding tert-OH is 1. The van der Waals surface area contributed by atoms with E-state index in [-0.39, 0.29) is 11.9 Å². The summed E-state index contributed by atoms with van der Waals surface area (Å²) < 4.78 is 5.72. The van der Waals surface area contributed by atoms with E-state index in [1.807, 2.05) is 54.6 Å². The van der Waals surface area contributed by atoms with Gasteiger partial charge in [0.15, 0.2) is 5.78 Å². The molecule has 3 rings (SSSR count). The normalized spacial score (nSPS) is 15.0. The van der Waals surface area contributed by atoms with E-state index in [1.54, 1.807) is 6.08 Å². The van der Waals surface area contributed by atoms with E-state index < -0.39 is 0 Å². The third-order valence-electron chi connectivity index (χ3n) is 5.31. The second kappa shape index (κ2) is 10.8. The summed E-state index contributed by atoms with van der Waals surface area (Å²) in [7, 11) is 0. The maximum Gasteiger partial charge on any atom is 0.185 e. The van der Waals surface area contributed by atoms with Crippen LogP contribution in [0.25, 0.3) is 6.08 Å². The molecule has 1 heterocycles. The zero-order chi connectivity index (χ0) is 20.5. The number of allylic oxidation sites excluding steroid dienone is 1. The van der Waals surface area contributed by atoms with E-state index in [4.69, 9.17) is 4.74 Å². The third-order valence-corrected chi connectivity index (χ3v) is 5.31. The number of ketones is 1. The van der Waals surface area contributed by atoms with Crippen LogP contribution >= 0.6 is 0 Å². The van der Waals surface area contributed by atoms with Crippen molar-refractivity contribution in [2.75, 3.05) is 24.6 Å². The summed E-state index contributed by atoms with van der Waals surface area (Å²) in [5.41, 5.74) is 2.76. The minimum Gasteiger partial charge on any atom is -0.494 e. The molecule has 0 radical (unpaired) electrons. The topological polar surface area (TPSA) is 49.8 Å². The Morgan fingerprint density at radius 1 is 1.07 bits per heavy atom. The van der Waals surface area contributed by atoms with Crippen LogP contribution in [0.1, 0.15) is 54.9 Å². The SMILES string of the molecule is CCCCCOc1ccc(C=CC(=O)c2ccc(N3CCC(O)CC3)cc2)cc1. The summed E-state index contributed by atoms with van der Waals surface area (Å²) in [4.78, 5) is 14.7. The molecule has 1 saturated heterocycles. The molecule has 0 saturated carbocycles. The van der Waals surface area contributed by atoms with Gasteiger partial charge in [0.1, 0.15) is 5.75 Å². The molecule has 0 atom stereocenters. The van der Waals surface area contributed by atoms with E-state index in [0.717, 1.165) is 56.0 Å². The highest BCUT2D eigenvalue weighted by atomic mass is 16.5. The van der Waals surface area contributed by atoms with Gasteiger partial charge in [0.25, 0.3) is 0 Å². The monoisotopic (exact) mass is 393 g/mol. The fraction of sp³-hybridized carbons (Fsp3) is 0.400. The number of piperidine rings is 1. The van der Waals surface area contributed by atoms with Gasteiger partial charge in [0.05, 0.1) is 12.7 Å². The fourth-order valence-corrected chi connectivity index (χ4v) is 3.45. The molecule has 0 unspecified atom stereocenters. The molecule has 1 aliphatic heterocycles. The number of aliphatic hydroxyl groups is 1. The van der Waals surface area contributed by atoms with Crippen molar-refractivity contribution in [3.8, 4) is 5.75 Å². The van der Waals surface area contributed by atoms with E-state index in [2.05, 4.69) is 11.8 Å². The van der Waals surface area contributed by atoms with Gasteiger partial charge in [0.2, 0.25) is 0 Å². The van der Waals surface area contributed by atoms with Crippen molar-refractivity contribution >= 4 is 17.5 Å². The van der Waals surface area contributed by atoms with Crippen LogP contribution in [0, 0.1) is 0 Å². The van der Waals surface area contributed by atoms with Gasteiger partial charge in [-0.1, -0.05) is 38.0 Å². The predicted molar refractivity (Wildman–Crippen MR) is 119 cm³/mol. The van der Waals surface area contributed by atoms with Crippen molar-refractivity contribution in [1.82, 2.24) is 0 Å². The second-order valence-corrected chi connectivity index (χ2v) is 7.59. The Morgan fingerprint density at radius 3 is 2.41 bits per heavy atom. The lowest BCUT2D eigenvalue weighted by Gasteiger charge is -2.31. The van der Waals surface area contributed by atoms with Crippen molar-refractivity contribution in [2.24, 2.45) is 0 Å². The number of nitrogens with zero attached hydrogens (tertiary/aromatic N) is 1. The molecule has 154 valence electrons. The lowest BCUT2D eigenvalue weighted by Crippen LogP contribution is -2.35. The Bertz CT molecular complexity index is 788. The smallest absolute Gasteiger partial charge is 0.185 e. The van der Waals surface area contributed by atoms with Crippen LogP contribution < -0.4 is 9.64 Å². The van der Waals surface area contributed by atoms with Gasteiger partial charge < -0.3 is 14.7 Å². The molecule has 4 heteroatoms. The highest BCUT2D eigenvalue weighted by Crippen LogP contribution is 2.21. The van der Waals surface area contributed by atoms with Gasteiger partial charge in [-0.3, -0.25) is 4.79 Å². The summed E-state index contributed by atoms with van der Waals surface area (Å²) in [6, 6.07) is 15.5. The Hall–Kier alpha value is -2.59. The van der Waals surface area contributed by atoms with E-state index in [1.165, 1.54) is 12.8 Å². The lowest BCUT2D eigenvalue weighted by molar-refractivity contribution is 0.104. The van der Waals surface area contributed by atoms with Crippen molar-refractivity contribution in [2.45, 2.75) is 45.1 Å². The van der Waals surface area contributed by atoms with Crippen molar-refractivity contribution in [1.29, 1.82) is 0 Å². The minimum absolute atomic E-state index is 0.00879. The molecule has 1 fully saturated rings. The number of carbonyl (C=O) groups is 1. The van der Waals surface area contributed by atoms with Crippen LogP contribution in [0.2, 0.25) is 0 Å². The molecule has 1 N–H and O–H groups in total. The average Bonchev–Trinajstić information content (AvgIpc) is 2.76. The summed E-state index contributed by atoms with van der Waals surface area (Å²) >= 11 is 0. The van der Waals surface area contributed by atoms with E-state index >= 15 is 0 Å². The number of hydrogen-bond acceptors (Lipinski definition) is 4. The van der Waals surface area contributed by atoms with Gasteiger partial charge in [-0.15, -0.1) is 0 Å². The van der Waals surface area contributed by atoms with Crippen molar-refractivity contribution < 1.29 is 14.6 Å². The van der Waals surface area contributed by atoms with Crippen molar-refractivity contribution in [3.05, 3.63) is 65.7 Å². The molecule has 1 aliphatic rings. The number of anilines is 1. The standard InChI is InChI=1S/C25H31NO3/c1-2-3-4-19-29-24-12-5-20(6-13-24)7-14-25(28)21-8-10-22(11-9-21)26-17-15-23(27)16-18-26/h5-14,23,27H,2-4,15-19H2,1H3. The first kappa shape index (κ1) is 21.1. The molecule has 4 nitrogen and oxygen atoms in total. The van der Waals surface area contributed by atoms with Crippen LogP contribution in [0.4, 0.5) is 5.69 Å². The molecule has 0 amide bonds. The quantitative estimate of drug-likeness (QED) is 0.365. The molecule has 0 aromatic heterocycles. The van der Waals surface area contributed by atoms with Gasteiger partial charge >= 0.3 is 0 Å². The predicted octanol–water partition coefficient (Wildman–Crippen LogP) is 5.11. The van der Waals surface area contributed by atoms with Crippen LogP contribution in [0.3, 0.4) is 0 Å². The largest absolute Gasteiger partial charge is 0.494 e. The third kappa shape index (κ3) is 6.47. The number of benzene rings is 2. The van der Waals surface area contributed by atoms with Crippen LogP contribution in [0.15, 0.2) is 54.6 Å². The average molecular weight is 394 g/mol. The first-order valence-corrected chi connectivity index (χ1v) is 10.6. The van der Waals surface area contributed by atoms with Crippen LogP contribution in [0.5, 0.6) is 5.75 Å². The molecule has 2 aromatic rings. The highest BCUT2D eigenvalue weighted by Gasteiger charge is 2.17. The summed E-state index contributed by atoms with van der Waals surface area (Å²) in [5.74, 6) is 0.857. The first-order valence-electron chi connectivity index (χ1n) is 10.6. The first-order chi connectivity index (χ1) is 14.2. The van der Waals surface area contributed by atoms with E-state index in [0.29, 0.717) is 5.56 Å². The number of rotatable bonds is 9. The molecular formula is C25H31NO3. The lowest BCUT2D eigenvalue weighted by atomic mass is 10.1. The molecule has 0 bridgehead atoms. The molecule has 2 aromatic carbocycles. The Kier molecular flexibility index (Phi) is 7.88. The Morgan fingerprint density at radius 2 is 1.76 bits per heavy atom. The molecular weight excluding hydrogens is 362 g/mol. The van der Waals surface area contributed by atoms with Crippen LogP contribution in [-0.4, -0.2) is 36.7 Å². The number of carbonyl (C=O) groups excluding carboxylic acids is 1. The zero-order valence-corrected chi connectivity index (χ0v) is 17.2. The summed E-state index contributed by atoms with van der Waals surface area (Å²) in [6.07, 6.45) is 8.31. The minimum atomic E-state index is -0.182. The van der Waals surface area contributed by atoms with E-state index in [9.17, 15) is 9.90 Å². The maximum absolute atomic E-state index is 12.5. The van der Waals surface area contributed by atoms with Gasteiger partial charge in [-0.25, -0.2) is 0 Å². The van der Waals surface area contributed by atoms with Gasteiger partial charge in [-0.05, 0) is 67.3 Å². The Labute approximate surface area is 173 Å². The molecule has 0 aliphatic carbocycles. The summed E-state index contributed by atoms with van der Waals surface area (Å²) in [5, 5.41) is 9.63. The maximum atomic E-state index is 12.5. The Balaban J connectivity index is 1.52. The number of hydrogen-bond donors (Lipinski definition) is 1. The van der Waals surface area contributed by atoms with Crippen molar-refractivity contribution in [3.63, 3.8) is 0 Å².